The van der Waals surface area contributed by atoms with Gasteiger partial charge in [-0.3, -0.25) is 19.7 Å². The lowest BCUT2D eigenvalue weighted by atomic mass is 10.2. The van der Waals surface area contributed by atoms with E-state index in [0.717, 1.165) is 5.56 Å². The first kappa shape index (κ1) is 14.4. The van der Waals surface area contributed by atoms with E-state index in [1.54, 1.807) is 13.0 Å². The zero-order valence-corrected chi connectivity index (χ0v) is 10.2. The summed E-state index contributed by atoms with van der Waals surface area (Å²) in [6.07, 6.45) is 0. The van der Waals surface area contributed by atoms with Crippen molar-refractivity contribution in [3.8, 4) is 0 Å². The maximum Gasteiger partial charge on any atom is 0.322 e. The smallest absolute Gasteiger partial charge is 0.322 e. The molecule has 8 heteroatoms. The topological polar surface area (TPSA) is 122 Å². The van der Waals surface area contributed by atoms with Crippen LogP contribution in [0.5, 0.6) is 0 Å². The minimum Gasteiger partial charge on any atom is -0.480 e. The van der Waals surface area contributed by atoms with Crippen LogP contribution in [-0.2, 0) is 9.59 Å². The van der Waals surface area contributed by atoms with E-state index < -0.39 is 23.3 Å². The molecule has 1 rings (SSSR count). The Bertz CT molecular complexity index is 515. The molecular formula is C11H13N3O5. The first-order chi connectivity index (χ1) is 8.90. The molecule has 1 aromatic carbocycles. The van der Waals surface area contributed by atoms with Crippen LogP contribution in [0.2, 0.25) is 0 Å². The Labute approximate surface area is 108 Å². The second kappa shape index (κ2) is 6.34. The van der Waals surface area contributed by atoms with Crippen LogP contribution in [0.25, 0.3) is 0 Å². The highest BCUT2D eigenvalue weighted by Crippen LogP contribution is 2.24. The monoisotopic (exact) mass is 267 g/mol. The van der Waals surface area contributed by atoms with Crippen LogP contribution < -0.4 is 10.6 Å². The summed E-state index contributed by atoms with van der Waals surface area (Å²) >= 11 is 0. The molecule has 0 spiro atoms. The Hall–Kier alpha value is -2.64. The van der Waals surface area contributed by atoms with Crippen LogP contribution in [0, 0.1) is 17.0 Å². The van der Waals surface area contributed by atoms with Gasteiger partial charge in [0.25, 0.3) is 5.69 Å². The number of rotatable bonds is 6. The van der Waals surface area contributed by atoms with Crippen molar-refractivity contribution in [2.75, 3.05) is 18.4 Å². The second-order valence-electron chi connectivity index (χ2n) is 3.80. The fourth-order valence-electron chi connectivity index (χ4n) is 1.35. The number of carbonyl (C=O) groups is 2. The number of benzene rings is 1. The summed E-state index contributed by atoms with van der Waals surface area (Å²) in [6, 6.07) is 4.56. The van der Waals surface area contributed by atoms with Gasteiger partial charge >= 0.3 is 5.97 Å². The van der Waals surface area contributed by atoms with Gasteiger partial charge in [0.15, 0.2) is 0 Å². The Kier molecular flexibility index (Phi) is 4.81. The number of hydrogen-bond acceptors (Lipinski definition) is 5. The zero-order chi connectivity index (χ0) is 14.4. The van der Waals surface area contributed by atoms with E-state index in [1.807, 2.05) is 0 Å². The van der Waals surface area contributed by atoms with Gasteiger partial charge in [-0.05, 0) is 18.6 Å². The quantitative estimate of drug-likeness (QED) is 0.510. The number of nitro benzene ring substituents is 1. The SMILES string of the molecule is Cc1ccc(NCC(=O)NCC(=O)O)c([N+](=O)[O-])c1. The van der Waals surface area contributed by atoms with Gasteiger partial charge in [-0.25, -0.2) is 0 Å². The summed E-state index contributed by atoms with van der Waals surface area (Å²) < 4.78 is 0. The summed E-state index contributed by atoms with van der Waals surface area (Å²) in [5, 5.41) is 23.9. The molecular weight excluding hydrogens is 254 g/mol. The third-order valence-corrected chi connectivity index (χ3v) is 2.23. The van der Waals surface area contributed by atoms with Crippen molar-refractivity contribution < 1.29 is 19.6 Å². The number of hydrogen-bond donors (Lipinski definition) is 3. The van der Waals surface area contributed by atoms with Crippen molar-refractivity contribution in [1.82, 2.24) is 5.32 Å². The molecule has 0 radical (unpaired) electrons. The van der Waals surface area contributed by atoms with E-state index in [9.17, 15) is 19.7 Å². The summed E-state index contributed by atoms with van der Waals surface area (Å²) in [4.78, 5) is 31.8. The highest BCUT2D eigenvalue weighted by Gasteiger charge is 2.14. The molecule has 0 saturated heterocycles. The zero-order valence-electron chi connectivity index (χ0n) is 10.2. The first-order valence-corrected chi connectivity index (χ1v) is 5.37. The Morgan fingerprint density at radius 1 is 1.37 bits per heavy atom. The molecule has 0 atom stereocenters. The minimum absolute atomic E-state index is 0.133. The number of aryl methyl sites for hydroxylation is 1. The number of amides is 1. The molecule has 0 bridgehead atoms. The summed E-state index contributed by atoms with van der Waals surface area (Å²) in [6.45, 7) is 0.990. The second-order valence-corrected chi connectivity index (χ2v) is 3.80. The lowest BCUT2D eigenvalue weighted by Crippen LogP contribution is -2.33. The fraction of sp³-hybridized carbons (Fsp3) is 0.273. The number of nitrogens with zero attached hydrogens (tertiary/aromatic N) is 1. The minimum atomic E-state index is -1.16. The van der Waals surface area contributed by atoms with Crippen molar-refractivity contribution in [2.24, 2.45) is 0 Å². The standard InChI is InChI=1S/C11H13N3O5/c1-7-2-3-8(9(4-7)14(18)19)12-5-10(15)13-6-11(16)17/h2-4,12H,5-6H2,1H3,(H,13,15)(H,16,17). The molecule has 0 fully saturated rings. The normalized spacial score (nSPS) is 9.74. The van der Waals surface area contributed by atoms with E-state index in [2.05, 4.69) is 10.6 Å². The summed E-state index contributed by atoms with van der Waals surface area (Å²) in [5.74, 6) is -1.72. The molecule has 0 aliphatic rings. The van der Waals surface area contributed by atoms with Gasteiger partial charge in [0, 0.05) is 6.07 Å². The average molecular weight is 267 g/mol. The Morgan fingerprint density at radius 3 is 2.63 bits per heavy atom. The van der Waals surface area contributed by atoms with Gasteiger partial charge < -0.3 is 15.7 Å². The van der Waals surface area contributed by atoms with E-state index >= 15 is 0 Å². The number of nitro groups is 1. The number of anilines is 1. The lowest BCUT2D eigenvalue weighted by Gasteiger charge is -2.07. The third-order valence-electron chi connectivity index (χ3n) is 2.23. The van der Waals surface area contributed by atoms with Gasteiger partial charge in [-0.15, -0.1) is 0 Å². The summed E-state index contributed by atoms with van der Waals surface area (Å²) in [7, 11) is 0. The van der Waals surface area contributed by atoms with Crippen molar-refractivity contribution in [3.05, 3.63) is 33.9 Å². The predicted octanol–water partition coefficient (Wildman–Crippen LogP) is 0.516. The van der Waals surface area contributed by atoms with Crippen LogP contribution in [0.1, 0.15) is 5.56 Å². The van der Waals surface area contributed by atoms with Crippen molar-refractivity contribution in [3.63, 3.8) is 0 Å². The van der Waals surface area contributed by atoms with Gasteiger partial charge in [0.2, 0.25) is 5.91 Å². The first-order valence-electron chi connectivity index (χ1n) is 5.37. The lowest BCUT2D eigenvalue weighted by molar-refractivity contribution is -0.384. The maximum atomic E-state index is 11.3. The average Bonchev–Trinajstić information content (AvgIpc) is 2.34. The van der Waals surface area contributed by atoms with Crippen molar-refractivity contribution in [2.45, 2.75) is 6.92 Å². The maximum absolute atomic E-state index is 11.3. The Balaban J connectivity index is 2.65. The number of carboxylic acids is 1. The molecule has 0 aromatic heterocycles. The molecule has 0 saturated carbocycles. The number of carboxylic acid groups (broad SMARTS) is 1. The molecule has 0 aliphatic carbocycles. The van der Waals surface area contributed by atoms with Crippen LogP contribution in [0.4, 0.5) is 11.4 Å². The van der Waals surface area contributed by atoms with E-state index in [0.29, 0.717) is 0 Å². The molecule has 0 unspecified atom stereocenters. The summed E-state index contributed by atoms with van der Waals surface area (Å²) in [5.41, 5.74) is 0.805. The molecule has 0 aliphatic heterocycles. The van der Waals surface area contributed by atoms with E-state index in [4.69, 9.17) is 5.11 Å². The van der Waals surface area contributed by atoms with Gasteiger partial charge in [-0.2, -0.15) is 0 Å². The fourth-order valence-corrected chi connectivity index (χ4v) is 1.35. The highest BCUT2D eigenvalue weighted by atomic mass is 16.6. The molecule has 102 valence electrons. The Morgan fingerprint density at radius 2 is 2.05 bits per heavy atom. The van der Waals surface area contributed by atoms with Crippen LogP contribution >= 0.6 is 0 Å². The number of nitrogens with one attached hydrogen (secondary N) is 2. The highest BCUT2D eigenvalue weighted by molar-refractivity contribution is 5.84. The third kappa shape index (κ3) is 4.62. The van der Waals surface area contributed by atoms with E-state index in [1.165, 1.54) is 12.1 Å². The van der Waals surface area contributed by atoms with Crippen molar-refractivity contribution >= 4 is 23.3 Å². The van der Waals surface area contributed by atoms with Crippen LogP contribution in [-0.4, -0.2) is 35.0 Å². The molecule has 8 nitrogen and oxygen atoms in total. The van der Waals surface area contributed by atoms with E-state index in [-0.39, 0.29) is 17.9 Å². The van der Waals surface area contributed by atoms with Gasteiger partial charge in [0.1, 0.15) is 12.2 Å². The predicted molar refractivity (Wildman–Crippen MR) is 67.0 cm³/mol. The molecule has 3 N–H and O–H groups in total. The molecule has 19 heavy (non-hydrogen) atoms. The van der Waals surface area contributed by atoms with Crippen molar-refractivity contribution in [1.29, 1.82) is 0 Å². The molecule has 0 heterocycles. The van der Waals surface area contributed by atoms with Gasteiger partial charge in [-0.1, -0.05) is 6.07 Å². The van der Waals surface area contributed by atoms with Crippen LogP contribution in [0.3, 0.4) is 0 Å². The molecule has 1 aromatic rings. The molecule has 1 amide bonds. The largest absolute Gasteiger partial charge is 0.480 e. The number of aliphatic carboxylic acids is 1. The van der Waals surface area contributed by atoms with Crippen LogP contribution in [0.15, 0.2) is 18.2 Å². The van der Waals surface area contributed by atoms with Gasteiger partial charge in [0.05, 0.1) is 11.5 Å². The number of carbonyl (C=O) groups excluding carboxylic acids is 1.